The molecule has 0 aliphatic rings. The quantitative estimate of drug-likeness (QED) is 0.279. The van der Waals surface area contributed by atoms with Crippen molar-refractivity contribution in [3.05, 3.63) is 65.0 Å². The van der Waals surface area contributed by atoms with Crippen LogP contribution in [0.2, 0.25) is 17.3 Å². The first-order valence-electron chi connectivity index (χ1n) is 9.94. The number of benzene rings is 3. The van der Waals surface area contributed by atoms with Gasteiger partial charge in [-0.25, -0.2) is 0 Å². The van der Waals surface area contributed by atoms with Crippen molar-refractivity contribution in [1.29, 1.82) is 0 Å². The van der Waals surface area contributed by atoms with Gasteiger partial charge in [-0.15, -0.1) is 0 Å². The first-order chi connectivity index (χ1) is 13.1. The Morgan fingerprint density at radius 1 is 0.750 bits per heavy atom. The molecule has 0 fully saturated rings. The van der Waals surface area contributed by atoms with Gasteiger partial charge in [0.05, 0.1) is 0 Å². The van der Waals surface area contributed by atoms with Crippen LogP contribution in [0.25, 0.3) is 32.9 Å². The van der Waals surface area contributed by atoms with E-state index in [0.717, 1.165) is 22.4 Å². The molecule has 0 aliphatic carbocycles. The standard InChI is InChI=1S/C25H28GeN2/c1-15-10-16(2)12-20(11-15)24-22-9-8-19-14-21(26(5,6)7)13-17(3)23(19)25(22)28-18(4)27-24/h8-14H,1-7H3. The SMILES string of the molecule is Cc1cc(C)cc(-c2nc(C)nc3c2ccc2c[c]([Ge]([CH3])([CH3])[CH3])cc(C)c23)c1. The Bertz CT molecular complexity index is 1210. The van der Waals surface area contributed by atoms with Crippen LogP contribution in [0.15, 0.2) is 42.5 Å². The molecular weight excluding hydrogens is 401 g/mol. The summed E-state index contributed by atoms with van der Waals surface area (Å²) in [6.45, 7) is 8.52. The topological polar surface area (TPSA) is 25.8 Å². The molecule has 0 saturated heterocycles. The maximum atomic E-state index is 4.89. The Kier molecular flexibility index (Phi) is 4.58. The summed E-state index contributed by atoms with van der Waals surface area (Å²) in [5, 5.41) is 3.70. The summed E-state index contributed by atoms with van der Waals surface area (Å²) in [6, 6.07) is 15.9. The molecule has 0 radical (unpaired) electrons. The first kappa shape index (κ1) is 19.1. The number of aromatic nitrogens is 2. The summed E-state index contributed by atoms with van der Waals surface area (Å²) in [7, 11) is 0. The molecule has 2 nitrogen and oxygen atoms in total. The summed E-state index contributed by atoms with van der Waals surface area (Å²) >= 11 is -1.89. The van der Waals surface area contributed by atoms with Crippen molar-refractivity contribution in [3.8, 4) is 11.3 Å². The van der Waals surface area contributed by atoms with E-state index in [-0.39, 0.29) is 0 Å². The van der Waals surface area contributed by atoms with Crippen LogP contribution >= 0.6 is 0 Å². The van der Waals surface area contributed by atoms with Crippen molar-refractivity contribution in [1.82, 2.24) is 9.97 Å². The molecule has 0 N–H and O–H groups in total. The third-order valence-electron chi connectivity index (χ3n) is 5.45. The van der Waals surface area contributed by atoms with Gasteiger partial charge in [0.15, 0.2) is 0 Å². The van der Waals surface area contributed by atoms with Crippen LogP contribution < -0.4 is 4.40 Å². The van der Waals surface area contributed by atoms with Crippen molar-refractivity contribution in [3.63, 3.8) is 0 Å². The molecule has 3 heteroatoms. The summed E-state index contributed by atoms with van der Waals surface area (Å²) in [5.74, 6) is 8.18. The third-order valence-corrected chi connectivity index (χ3v) is 9.69. The van der Waals surface area contributed by atoms with Crippen LogP contribution in [-0.2, 0) is 0 Å². The van der Waals surface area contributed by atoms with Crippen molar-refractivity contribution in [2.24, 2.45) is 0 Å². The van der Waals surface area contributed by atoms with E-state index in [0.29, 0.717) is 0 Å². The van der Waals surface area contributed by atoms with Crippen LogP contribution in [0, 0.1) is 27.7 Å². The molecular formula is C25H28GeN2. The normalized spacial score (nSPS) is 12.1. The van der Waals surface area contributed by atoms with Crippen LogP contribution in [0.1, 0.15) is 22.5 Å². The summed E-state index contributed by atoms with van der Waals surface area (Å²) in [4.78, 5) is 9.74. The molecule has 0 amide bonds. The van der Waals surface area contributed by atoms with Crippen molar-refractivity contribution in [2.75, 3.05) is 0 Å². The number of fused-ring (bicyclic) bond motifs is 3. The van der Waals surface area contributed by atoms with Gasteiger partial charge in [0, 0.05) is 0 Å². The van der Waals surface area contributed by atoms with Gasteiger partial charge in [0.1, 0.15) is 0 Å². The monoisotopic (exact) mass is 430 g/mol. The molecule has 0 bridgehead atoms. The number of hydrogen-bond donors (Lipinski definition) is 0. The Morgan fingerprint density at radius 2 is 1.43 bits per heavy atom. The molecule has 4 aromatic rings. The first-order valence-corrected chi connectivity index (χ1v) is 17.3. The van der Waals surface area contributed by atoms with Gasteiger partial charge in [-0.1, -0.05) is 0 Å². The van der Waals surface area contributed by atoms with E-state index in [1.807, 2.05) is 6.92 Å². The van der Waals surface area contributed by atoms with E-state index in [9.17, 15) is 0 Å². The average Bonchev–Trinajstić information content (AvgIpc) is 2.58. The van der Waals surface area contributed by atoms with Crippen LogP contribution in [0.4, 0.5) is 0 Å². The third kappa shape index (κ3) is 3.35. The zero-order valence-corrected chi connectivity index (χ0v) is 20.0. The van der Waals surface area contributed by atoms with Gasteiger partial charge >= 0.3 is 171 Å². The number of nitrogens with zero attached hydrogens (tertiary/aromatic N) is 2. The second-order valence-corrected chi connectivity index (χ2v) is 19.8. The van der Waals surface area contributed by atoms with Crippen LogP contribution in [0.5, 0.6) is 0 Å². The Balaban J connectivity index is 2.09. The van der Waals surface area contributed by atoms with E-state index >= 15 is 0 Å². The minimum absolute atomic E-state index is 0.825. The molecule has 142 valence electrons. The Hall–Kier alpha value is -2.20. The van der Waals surface area contributed by atoms with Crippen LogP contribution in [0.3, 0.4) is 0 Å². The molecule has 0 saturated carbocycles. The fourth-order valence-corrected chi connectivity index (χ4v) is 6.73. The maximum absolute atomic E-state index is 4.89. The molecule has 0 spiro atoms. The van der Waals surface area contributed by atoms with Crippen molar-refractivity contribution in [2.45, 2.75) is 45.0 Å². The molecule has 0 aliphatic heterocycles. The number of rotatable bonds is 2. The van der Waals surface area contributed by atoms with Gasteiger partial charge < -0.3 is 0 Å². The number of aryl methyl sites for hydroxylation is 4. The zero-order chi connectivity index (χ0) is 20.2. The van der Waals surface area contributed by atoms with E-state index < -0.39 is 13.3 Å². The van der Waals surface area contributed by atoms with Crippen LogP contribution in [-0.4, -0.2) is 23.2 Å². The zero-order valence-electron chi connectivity index (χ0n) is 17.9. The van der Waals surface area contributed by atoms with Crippen molar-refractivity contribution >= 4 is 39.3 Å². The molecule has 0 atom stereocenters. The van der Waals surface area contributed by atoms with E-state index in [1.165, 1.54) is 33.0 Å². The summed E-state index contributed by atoms with van der Waals surface area (Å²) < 4.78 is 1.55. The van der Waals surface area contributed by atoms with E-state index in [1.54, 1.807) is 4.40 Å². The average molecular weight is 429 g/mol. The molecule has 28 heavy (non-hydrogen) atoms. The van der Waals surface area contributed by atoms with Gasteiger partial charge in [0.2, 0.25) is 0 Å². The van der Waals surface area contributed by atoms with E-state index in [2.05, 4.69) is 80.5 Å². The summed E-state index contributed by atoms with van der Waals surface area (Å²) in [6.07, 6.45) is 0. The second-order valence-electron chi connectivity index (χ2n) is 9.10. The second kappa shape index (κ2) is 6.70. The summed E-state index contributed by atoms with van der Waals surface area (Å²) in [5.41, 5.74) is 7.13. The molecule has 0 unspecified atom stereocenters. The minimum atomic E-state index is -1.89. The Labute approximate surface area is 170 Å². The number of hydrogen-bond acceptors (Lipinski definition) is 2. The Morgan fingerprint density at radius 3 is 2.07 bits per heavy atom. The van der Waals surface area contributed by atoms with Gasteiger partial charge in [-0.05, 0) is 0 Å². The van der Waals surface area contributed by atoms with Gasteiger partial charge in [0.25, 0.3) is 0 Å². The molecule has 1 heterocycles. The fourth-order valence-electron chi connectivity index (χ4n) is 4.14. The predicted molar refractivity (Wildman–Crippen MR) is 124 cm³/mol. The molecule has 4 rings (SSSR count). The van der Waals surface area contributed by atoms with Gasteiger partial charge in [-0.2, -0.15) is 0 Å². The fraction of sp³-hybridized carbons (Fsp3) is 0.280. The van der Waals surface area contributed by atoms with Crippen molar-refractivity contribution < 1.29 is 0 Å². The molecule has 1 aromatic heterocycles. The molecule has 3 aromatic carbocycles. The van der Waals surface area contributed by atoms with E-state index in [4.69, 9.17) is 9.97 Å². The predicted octanol–water partition coefficient (Wildman–Crippen LogP) is 6.23. The van der Waals surface area contributed by atoms with Gasteiger partial charge in [-0.3, -0.25) is 0 Å².